The van der Waals surface area contributed by atoms with Crippen LogP contribution in [0, 0.1) is 11.3 Å². The van der Waals surface area contributed by atoms with Crippen molar-refractivity contribution < 1.29 is 0 Å². The first kappa shape index (κ1) is 14.0. The van der Waals surface area contributed by atoms with E-state index in [0.717, 1.165) is 23.1 Å². The van der Waals surface area contributed by atoms with Crippen LogP contribution in [-0.4, -0.2) is 31.6 Å². The summed E-state index contributed by atoms with van der Waals surface area (Å²) >= 11 is 3.41. The summed E-state index contributed by atoms with van der Waals surface area (Å²) in [5.41, 5.74) is 1.66. The molecular formula is C13H18BrN3. The van der Waals surface area contributed by atoms with Gasteiger partial charge in [-0.3, -0.25) is 0 Å². The first-order valence-electron chi connectivity index (χ1n) is 5.63. The maximum absolute atomic E-state index is 8.89. The third-order valence-corrected chi connectivity index (χ3v) is 2.91. The van der Waals surface area contributed by atoms with Crippen molar-refractivity contribution in [1.82, 2.24) is 4.90 Å². The largest absolute Gasteiger partial charge is 0.382 e. The number of hydrogen-bond donors (Lipinski definition) is 1. The molecule has 0 spiro atoms. The van der Waals surface area contributed by atoms with Crippen LogP contribution in [0.2, 0.25) is 0 Å². The molecule has 0 aromatic heterocycles. The number of halogens is 1. The zero-order valence-corrected chi connectivity index (χ0v) is 12.1. The third kappa shape index (κ3) is 5.20. The van der Waals surface area contributed by atoms with Crippen molar-refractivity contribution in [2.24, 2.45) is 0 Å². The summed E-state index contributed by atoms with van der Waals surface area (Å²) in [4.78, 5) is 2.17. The molecule has 17 heavy (non-hydrogen) atoms. The molecule has 0 amide bonds. The minimum Gasteiger partial charge on any atom is -0.382 e. The maximum atomic E-state index is 8.89. The van der Waals surface area contributed by atoms with Crippen LogP contribution >= 0.6 is 15.9 Å². The molecule has 0 saturated heterocycles. The van der Waals surface area contributed by atoms with Crippen molar-refractivity contribution in [2.75, 3.05) is 26.0 Å². The average Bonchev–Trinajstić information content (AvgIpc) is 2.25. The molecule has 1 rings (SSSR count). The van der Waals surface area contributed by atoms with Gasteiger partial charge in [0, 0.05) is 16.2 Å². The summed E-state index contributed by atoms with van der Waals surface area (Å²) in [6.07, 6.45) is 1.07. The Kier molecular flexibility index (Phi) is 5.46. The van der Waals surface area contributed by atoms with E-state index in [4.69, 9.17) is 5.26 Å². The molecule has 1 unspecified atom stereocenters. The lowest BCUT2D eigenvalue weighted by molar-refractivity contribution is 0.390. The van der Waals surface area contributed by atoms with E-state index in [1.807, 2.05) is 18.2 Å². The van der Waals surface area contributed by atoms with Gasteiger partial charge in [0.05, 0.1) is 11.6 Å². The van der Waals surface area contributed by atoms with Gasteiger partial charge in [-0.05, 0) is 52.2 Å². The predicted molar refractivity (Wildman–Crippen MR) is 75.1 cm³/mol. The van der Waals surface area contributed by atoms with Gasteiger partial charge < -0.3 is 10.2 Å². The van der Waals surface area contributed by atoms with E-state index in [0.29, 0.717) is 11.6 Å². The summed E-state index contributed by atoms with van der Waals surface area (Å²) in [5, 5.41) is 12.3. The molecule has 1 N–H and O–H groups in total. The molecule has 1 atom stereocenters. The van der Waals surface area contributed by atoms with E-state index in [9.17, 15) is 0 Å². The van der Waals surface area contributed by atoms with E-state index in [-0.39, 0.29) is 0 Å². The molecule has 0 radical (unpaired) electrons. The van der Waals surface area contributed by atoms with Crippen molar-refractivity contribution >= 4 is 21.6 Å². The second-order valence-electron chi connectivity index (χ2n) is 4.48. The fourth-order valence-corrected chi connectivity index (χ4v) is 2.04. The highest BCUT2D eigenvalue weighted by atomic mass is 79.9. The molecule has 0 bridgehead atoms. The Balaban J connectivity index is 2.62. The second kappa shape index (κ2) is 6.63. The molecule has 0 aliphatic rings. The first-order valence-corrected chi connectivity index (χ1v) is 6.42. The van der Waals surface area contributed by atoms with Crippen LogP contribution in [0.4, 0.5) is 5.69 Å². The van der Waals surface area contributed by atoms with Crippen LogP contribution in [0.3, 0.4) is 0 Å². The van der Waals surface area contributed by atoms with Gasteiger partial charge >= 0.3 is 0 Å². The Morgan fingerprint density at radius 3 is 2.71 bits per heavy atom. The highest BCUT2D eigenvalue weighted by molar-refractivity contribution is 9.10. The molecule has 0 saturated carbocycles. The highest BCUT2D eigenvalue weighted by Gasteiger charge is 2.04. The molecular weight excluding hydrogens is 278 g/mol. The van der Waals surface area contributed by atoms with Gasteiger partial charge in [-0.1, -0.05) is 15.9 Å². The number of nitriles is 1. The summed E-state index contributed by atoms with van der Waals surface area (Å²) in [7, 11) is 4.14. The molecule has 0 aliphatic carbocycles. The van der Waals surface area contributed by atoms with Crippen molar-refractivity contribution in [1.29, 1.82) is 5.26 Å². The van der Waals surface area contributed by atoms with Crippen LogP contribution < -0.4 is 5.32 Å². The predicted octanol–water partition coefficient (Wildman–Crippen LogP) is 3.07. The van der Waals surface area contributed by atoms with Gasteiger partial charge in [0.15, 0.2) is 0 Å². The van der Waals surface area contributed by atoms with Crippen LogP contribution in [0.25, 0.3) is 0 Å². The Labute approximate surface area is 112 Å². The van der Waals surface area contributed by atoms with Crippen molar-refractivity contribution in [2.45, 2.75) is 19.4 Å². The fourth-order valence-electron chi connectivity index (χ4n) is 1.55. The SMILES string of the molecule is CC(CCN(C)C)Nc1cc(Br)cc(C#N)c1. The van der Waals surface area contributed by atoms with Gasteiger partial charge in [-0.25, -0.2) is 0 Å². The molecule has 3 nitrogen and oxygen atoms in total. The molecule has 1 aromatic rings. The van der Waals surface area contributed by atoms with E-state index in [1.165, 1.54) is 0 Å². The number of nitrogens with one attached hydrogen (secondary N) is 1. The van der Waals surface area contributed by atoms with Crippen LogP contribution in [0.15, 0.2) is 22.7 Å². The van der Waals surface area contributed by atoms with Crippen molar-refractivity contribution in [3.05, 3.63) is 28.2 Å². The lowest BCUT2D eigenvalue weighted by Gasteiger charge is -2.18. The molecule has 0 aliphatic heterocycles. The second-order valence-corrected chi connectivity index (χ2v) is 5.39. The molecule has 1 aromatic carbocycles. The Morgan fingerprint density at radius 1 is 1.41 bits per heavy atom. The Hall–Kier alpha value is -1.05. The van der Waals surface area contributed by atoms with E-state index in [1.54, 1.807) is 0 Å². The van der Waals surface area contributed by atoms with E-state index < -0.39 is 0 Å². The third-order valence-electron chi connectivity index (χ3n) is 2.45. The number of rotatable bonds is 5. The average molecular weight is 296 g/mol. The summed E-state index contributed by atoms with van der Waals surface area (Å²) in [5.74, 6) is 0. The standard InChI is InChI=1S/C13H18BrN3/c1-10(4-5-17(2)3)16-13-7-11(9-15)6-12(14)8-13/h6-8,10,16H,4-5H2,1-3H3. The quantitative estimate of drug-likeness (QED) is 0.907. The topological polar surface area (TPSA) is 39.1 Å². The van der Waals surface area contributed by atoms with Gasteiger partial charge in [-0.15, -0.1) is 0 Å². The fraction of sp³-hybridized carbons (Fsp3) is 0.462. The smallest absolute Gasteiger partial charge is 0.0992 e. The first-order chi connectivity index (χ1) is 8.01. The van der Waals surface area contributed by atoms with Gasteiger partial charge in [0.2, 0.25) is 0 Å². The summed E-state index contributed by atoms with van der Waals surface area (Å²) in [6.45, 7) is 3.20. The van der Waals surface area contributed by atoms with Gasteiger partial charge in [0.25, 0.3) is 0 Å². The lowest BCUT2D eigenvalue weighted by Crippen LogP contribution is -2.23. The number of nitrogens with zero attached hydrogens (tertiary/aromatic N) is 2. The minimum atomic E-state index is 0.387. The van der Waals surface area contributed by atoms with Gasteiger partial charge in [-0.2, -0.15) is 5.26 Å². The Bertz CT molecular complexity index is 410. The number of benzene rings is 1. The molecule has 0 heterocycles. The highest BCUT2D eigenvalue weighted by Crippen LogP contribution is 2.20. The van der Waals surface area contributed by atoms with Crippen LogP contribution in [-0.2, 0) is 0 Å². The normalized spacial score (nSPS) is 12.2. The Morgan fingerprint density at radius 2 is 2.12 bits per heavy atom. The van der Waals surface area contributed by atoms with E-state index in [2.05, 4.69) is 53.2 Å². The molecule has 0 fully saturated rings. The molecule has 4 heteroatoms. The van der Waals surface area contributed by atoms with Crippen molar-refractivity contribution in [3.63, 3.8) is 0 Å². The van der Waals surface area contributed by atoms with Crippen molar-refractivity contribution in [3.8, 4) is 6.07 Å². The monoisotopic (exact) mass is 295 g/mol. The maximum Gasteiger partial charge on any atom is 0.0992 e. The van der Waals surface area contributed by atoms with Gasteiger partial charge in [0.1, 0.15) is 0 Å². The summed E-state index contributed by atoms with van der Waals surface area (Å²) in [6, 6.07) is 8.22. The zero-order valence-electron chi connectivity index (χ0n) is 10.5. The van der Waals surface area contributed by atoms with Crippen LogP contribution in [0.1, 0.15) is 18.9 Å². The van der Waals surface area contributed by atoms with E-state index >= 15 is 0 Å². The lowest BCUT2D eigenvalue weighted by atomic mass is 10.2. The number of anilines is 1. The molecule has 92 valence electrons. The number of hydrogen-bond acceptors (Lipinski definition) is 3. The van der Waals surface area contributed by atoms with Crippen LogP contribution in [0.5, 0.6) is 0 Å². The minimum absolute atomic E-state index is 0.387. The summed E-state index contributed by atoms with van der Waals surface area (Å²) < 4.78 is 0.929. The zero-order chi connectivity index (χ0) is 12.8.